The maximum Gasteiger partial charge on any atom is 0.277 e. The zero-order chi connectivity index (χ0) is 23.3. The summed E-state index contributed by atoms with van der Waals surface area (Å²) < 4.78 is 38.0. The Labute approximate surface area is 196 Å². The molecule has 2 heterocycles. The highest BCUT2D eigenvalue weighted by Gasteiger charge is 2.27. The molecule has 11 heteroatoms. The number of anilines is 1. The molecule has 0 radical (unpaired) electrons. The largest absolute Gasteiger partial charge is 0.416 e. The second-order valence-corrected chi connectivity index (χ2v) is 10.6. The first-order valence-corrected chi connectivity index (χ1v) is 12.8. The van der Waals surface area contributed by atoms with Gasteiger partial charge in [-0.25, -0.2) is 8.42 Å². The van der Waals surface area contributed by atoms with Crippen LogP contribution >= 0.6 is 11.8 Å². The summed E-state index contributed by atoms with van der Waals surface area (Å²) in [6.45, 7) is 3.07. The van der Waals surface area contributed by atoms with Crippen LogP contribution in [-0.4, -0.2) is 60.4 Å². The van der Waals surface area contributed by atoms with E-state index in [1.54, 1.807) is 19.1 Å². The number of morpholine rings is 1. The van der Waals surface area contributed by atoms with E-state index in [9.17, 15) is 13.2 Å². The Bertz CT molecular complexity index is 1190. The molecule has 1 N–H and O–H groups in total. The second kappa shape index (κ2) is 10.5. The van der Waals surface area contributed by atoms with E-state index in [1.165, 1.54) is 16.4 Å². The number of carbonyl (C=O) groups is 1. The number of hydrogen-bond donors (Lipinski definition) is 1. The van der Waals surface area contributed by atoms with Gasteiger partial charge in [0, 0.05) is 18.8 Å². The summed E-state index contributed by atoms with van der Waals surface area (Å²) in [6, 6.07) is 16.0. The van der Waals surface area contributed by atoms with Crippen molar-refractivity contribution in [2.75, 3.05) is 31.6 Å². The van der Waals surface area contributed by atoms with Gasteiger partial charge in [0.05, 0.1) is 29.8 Å². The summed E-state index contributed by atoms with van der Waals surface area (Å²) >= 11 is 1.14. The van der Waals surface area contributed by atoms with Crippen LogP contribution in [-0.2, 0) is 26.0 Å². The number of carbonyl (C=O) groups excluding carboxylic acids is 1. The van der Waals surface area contributed by atoms with E-state index in [1.807, 2.05) is 30.3 Å². The number of nitrogens with one attached hydrogen (secondary N) is 1. The van der Waals surface area contributed by atoms with Crippen molar-refractivity contribution >= 4 is 33.4 Å². The standard InChI is InChI=1S/C22H24N4O5S2/c1-16(32-22-25-24-20(31-22)14-17-6-3-2-4-7-17)21(27)23-18-8-5-9-19(15-18)33(28,29)26-10-12-30-13-11-26/h2-9,15-16H,10-14H2,1H3,(H,23,27). The third kappa shape index (κ3) is 5.99. The minimum absolute atomic E-state index is 0.130. The number of hydrogen-bond acceptors (Lipinski definition) is 8. The molecule has 1 saturated heterocycles. The molecule has 1 atom stereocenters. The lowest BCUT2D eigenvalue weighted by Crippen LogP contribution is -2.40. The molecule has 4 rings (SSSR count). The van der Waals surface area contributed by atoms with Gasteiger partial charge in [-0.05, 0) is 30.7 Å². The van der Waals surface area contributed by atoms with Crippen LogP contribution in [0.4, 0.5) is 5.69 Å². The lowest BCUT2D eigenvalue weighted by molar-refractivity contribution is -0.115. The lowest BCUT2D eigenvalue weighted by atomic mass is 10.2. The second-order valence-electron chi connectivity index (χ2n) is 7.42. The first-order chi connectivity index (χ1) is 15.9. The molecule has 1 fully saturated rings. The average molecular weight is 489 g/mol. The molecule has 1 aliphatic rings. The van der Waals surface area contributed by atoms with Crippen molar-refractivity contribution in [3.05, 3.63) is 66.1 Å². The number of amides is 1. The molecule has 1 unspecified atom stereocenters. The van der Waals surface area contributed by atoms with Crippen molar-refractivity contribution in [2.45, 2.75) is 28.7 Å². The summed E-state index contributed by atoms with van der Waals surface area (Å²) in [5, 5.41) is 10.6. The molecule has 0 spiro atoms. The Balaban J connectivity index is 1.37. The quantitative estimate of drug-likeness (QED) is 0.482. The maximum absolute atomic E-state index is 12.9. The SMILES string of the molecule is CC(Sc1nnc(Cc2ccccc2)o1)C(=O)Nc1cccc(S(=O)(=O)N2CCOCC2)c1. The lowest BCUT2D eigenvalue weighted by Gasteiger charge is -2.26. The molecule has 0 saturated carbocycles. The summed E-state index contributed by atoms with van der Waals surface area (Å²) in [4.78, 5) is 12.8. The Morgan fingerprint density at radius 1 is 1.12 bits per heavy atom. The zero-order valence-electron chi connectivity index (χ0n) is 18.0. The minimum Gasteiger partial charge on any atom is -0.416 e. The predicted molar refractivity (Wildman–Crippen MR) is 124 cm³/mol. The topological polar surface area (TPSA) is 115 Å². The number of ether oxygens (including phenoxy) is 1. The van der Waals surface area contributed by atoms with Gasteiger partial charge < -0.3 is 14.5 Å². The Kier molecular flexibility index (Phi) is 7.43. The van der Waals surface area contributed by atoms with Gasteiger partial charge in [-0.3, -0.25) is 4.79 Å². The van der Waals surface area contributed by atoms with Crippen LogP contribution in [0.3, 0.4) is 0 Å². The molecule has 1 aliphatic heterocycles. The molecule has 33 heavy (non-hydrogen) atoms. The Morgan fingerprint density at radius 3 is 2.64 bits per heavy atom. The minimum atomic E-state index is -3.65. The zero-order valence-corrected chi connectivity index (χ0v) is 19.6. The predicted octanol–water partition coefficient (Wildman–Crippen LogP) is 2.80. The van der Waals surface area contributed by atoms with Gasteiger partial charge >= 0.3 is 0 Å². The normalized spacial score (nSPS) is 15.8. The van der Waals surface area contributed by atoms with Crippen LogP contribution in [0.15, 0.2) is 69.1 Å². The number of thioether (sulfide) groups is 1. The molecular formula is C22H24N4O5S2. The summed E-state index contributed by atoms with van der Waals surface area (Å²) in [6.07, 6.45) is 0.513. The third-order valence-electron chi connectivity index (χ3n) is 5.00. The number of sulfonamides is 1. The number of nitrogens with zero attached hydrogens (tertiary/aromatic N) is 3. The van der Waals surface area contributed by atoms with Crippen molar-refractivity contribution < 1.29 is 22.4 Å². The van der Waals surface area contributed by atoms with E-state index in [4.69, 9.17) is 9.15 Å². The fraction of sp³-hybridized carbons (Fsp3) is 0.318. The van der Waals surface area contributed by atoms with Gasteiger partial charge in [-0.1, -0.05) is 48.2 Å². The highest BCUT2D eigenvalue weighted by atomic mass is 32.2. The molecule has 1 aromatic heterocycles. The first kappa shape index (κ1) is 23.4. The Hall–Kier alpha value is -2.73. The summed E-state index contributed by atoms with van der Waals surface area (Å²) in [5.74, 6) is 0.168. The van der Waals surface area contributed by atoms with Crippen LogP contribution < -0.4 is 5.32 Å². The van der Waals surface area contributed by atoms with Crippen LogP contribution in [0.5, 0.6) is 0 Å². The molecule has 1 amide bonds. The van der Waals surface area contributed by atoms with E-state index in [0.717, 1.165) is 17.3 Å². The van der Waals surface area contributed by atoms with Gasteiger partial charge in [0.2, 0.25) is 21.8 Å². The van der Waals surface area contributed by atoms with Crippen molar-refractivity contribution in [1.82, 2.24) is 14.5 Å². The van der Waals surface area contributed by atoms with E-state index in [0.29, 0.717) is 49.5 Å². The van der Waals surface area contributed by atoms with Crippen molar-refractivity contribution in [2.24, 2.45) is 0 Å². The molecule has 9 nitrogen and oxygen atoms in total. The van der Waals surface area contributed by atoms with Crippen molar-refractivity contribution in [1.29, 1.82) is 0 Å². The van der Waals surface area contributed by atoms with E-state index < -0.39 is 15.3 Å². The van der Waals surface area contributed by atoms with Crippen molar-refractivity contribution in [3.63, 3.8) is 0 Å². The molecule has 2 aromatic carbocycles. The van der Waals surface area contributed by atoms with E-state index in [2.05, 4.69) is 15.5 Å². The summed E-state index contributed by atoms with van der Waals surface area (Å²) in [5.41, 5.74) is 1.45. The molecule has 174 valence electrons. The van der Waals surface area contributed by atoms with Gasteiger partial charge in [0.15, 0.2) is 0 Å². The fourth-order valence-corrected chi connectivity index (χ4v) is 5.40. The molecule has 0 bridgehead atoms. The van der Waals surface area contributed by atoms with Gasteiger partial charge in [-0.15, -0.1) is 10.2 Å². The van der Waals surface area contributed by atoms with Crippen LogP contribution in [0.2, 0.25) is 0 Å². The fourth-order valence-electron chi connectivity index (χ4n) is 3.25. The highest BCUT2D eigenvalue weighted by Crippen LogP contribution is 2.25. The van der Waals surface area contributed by atoms with Crippen LogP contribution in [0, 0.1) is 0 Å². The monoisotopic (exact) mass is 488 g/mol. The van der Waals surface area contributed by atoms with Gasteiger partial charge in [0.1, 0.15) is 0 Å². The van der Waals surface area contributed by atoms with Crippen LogP contribution in [0.25, 0.3) is 0 Å². The number of aromatic nitrogens is 2. The summed E-state index contributed by atoms with van der Waals surface area (Å²) in [7, 11) is -3.65. The number of benzene rings is 2. The van der Waals surface area contributed by atoms with Crippen LogP contribution in [0.1, 0.15) is 18.4 Å². The van der Waals surface area contributed by atoms with E-state index >= 15 is 0 Å². The van der Waals surface area contributed by atoms with E-state index in [-0.39, 0.29) is 10.8 Å². The van der Waals surface area contributed by atoms with Gasteiger partial charge in [0.25, 0.3) is 5.22 Å². The maximum atomic E-state index is 12.9. The molecular weight excluding hydrogens is 464 g/mol. The smallest absolute Gasteiger partial charge is 0.277 e. The third-order valence-corrected chi connectivity index (χ3v) is 7.83. The van der Waals surface area contributed by atoms with Crippen molar-refractivity contribution in [3.8, 4) is 0 Å². The van der Waals surface area contributed by atoms with Gasteiger partial charge in [-0.2, -0.15) is 4.31 Å². The Morgan fingerprint density at radius 2 is 1.88 bits per heavy atom. The number of rotatable bonds is 8. The highest BCUT2D eigenvalue weighted by molar-refractivity contribution is 8.00. The molecule has 0 aliphatic carbocycles. The first-order valence-electron chi connectivity index (χ1n) is 10.4. The average Bonchev–Trinajstić information content (AvgIpc) is 3.27. The molecule has 3 aromatic rings.